The Hall–Kier alpha value is -2.46. The van der Waals surface area contributed by atoms with E-state index < -0.39 is 5.97 Å². The van der Waals surface area contributed by atoms with Crippen LogP contribution in [0.1, 0.15) is 46.9 Å². The first-order valence-electron chi connectivity index (χ1n) is 9.45. The summed E-state index contributed by atoms with van der Waals surface area (Å²) >= 11 is 6.42. The van der Waals surface area contributed by atoms with E-state index in [-0.39, 0.29) is 6.42 Å². The number of carbonyl (C=O) groups is 1. The maximum absolute atomic E-state index is 10.8. The Morgan fingerprint density at radius 1 is 1.14 bits per heavy atom. The minimum Gasteiger partial charge on any atom is -0.488 e. The number of hydrogen-bond donors (Lipinski definition) is 1. The molecule has 0 fully saturated rings. The largest absolute Gasteiger partial charge is 0.488 e. The second-order valence-corrected chi connectivity index (χ2v) is 7.51. The molecular weight excluding hydrogens is 376 g/mol. The molecule has 3 aromatic rings. The Morgan fingerprint density at radius 3 is 2.57 bits per heavy atom. The van der Waals surface area contributed by atoms with Gasteiger partial charge in [-0.05, 0) is 67.6 Å². The molecule has 0 amide bonds. The van der Waals surface area contributed by atoms with Crippen LogP contribution in [0.3, 0.4) is 0 Å². The SMILES string of the molecule is CCc1cc2cc(Cl)c(C)c(COc3ccc(CCC(=O)O)c(C)c3C)c2o1. The Balaban J connectivity index is 1.88. The molecule has 0 radical (unpaired) electrons. The summed E-state index contributed by atoms with van der Waals surface area (Å²) in [6, 6.07) is 7.82. The third-order valence-electron chi connectivity index (χ3n) is 5.36. The lowest BCUT2D eigenvalue weighted by molar-refractivity contribution is -0.136. The van der Waals surface area contributed by atoms with Gasteiger partial charge in [-0.3, -0.25) is 4.79 Å². The first-order chi connectivity index (χ1) is 13.3. The molecule has 0 bridgehead atoms. The first-order valence-corrected chi connectivity index (χ1v) is 9.83. The van der Waals surface area contributed by atoms with Crippen LogP contribution in [0.4, 0.5) is 0 Å². The molecule has 0 aliphatic rings. The van der Waals surface area contributed by atoms with E-state index in [4.69, 9.17) is 25.9 Å². The van der Waals surface area contributed by atoms with E-state index >= 15 is 0 Å². The Labute approximate surface area is 170 Å². The van der Waals surface area contributed by atoms with Gasteiger partial charge in [0, 0.05) is 28.8 Å². The van der Waals surface area contributed by atoms with Crippen LogP contribution >= 0.6 is 11.6 Å². The van der Waals surface area contributed by atoms with Crippen molar-refractivity contribution in [3.8, 4) is 5.75 Å². The van der Waals surface area contributed by atoms with Gasteiger partial charge in [0.2, 0.25) is 0 Å². The number of hydrogen-bond acceptors (Lipinski definition) is 3. The van der Waals surface area contributed by atoms with Gasteiger partial charge >= 0.3 is 5.97 Å². The van der Waals surface area contributed by atoms with Gasteiger partial charge in [0.1, 0.15) is 23.7 Å². The first kappa shape index (κ1) is 20.3. The molecule has 0 saturated carbocycles. The molecule has 0 saturated heterocycles. The highest BCUT2D eigenvalue weighted by molar-refractivity contribution is 6.32. The Kier molecular flexibility index (Phi) is 5.99. The van der Waals surface area contributed by atoms with Crippen LogP contribution in [-0.2, 0) is 24.2 Å². The summed E-state index contributed by atoms with van der Waals surface area (Å²) in [5.41, 5.74) is 5.86. The lowest BCUT2D eigenvalue weighted by atomic mass is 9.99. The van der Waals surface area contributed by atoms with E-state index in [9.17, 15) is 4.79 Å². The molecule has 3 rings (SSSR count). The van der Waals surface area contributed by atoms with Gasteiger partial charge in [0.15, 0.2) is 0 Å². The summed E-state index contributed by atoms with van der Waals surface area (Å²) in [5.74, 6) is 0.918. The molecule has 0 atom stereocenters. The highest BCUT2D eigenvalue weighted by Crippen LogP contribution is 2.33. The predicted octanol–water partition coefficient (Wildman–Crippen LogP) is 6.17. The minimum absolute atomic E-state index is 0.123. The maximum atomic E-state index is 10.8. The molecule has 0 spiro atoms. The third kappa shape index (κ3) is 4.02. The highest BCUT2D eigenvalue weighted by Gasteiger charge is 2.16. The molecular formula is C23H25ClO4. The van der Waals surface area contributed by atoms with Crippen LogP contribution in [0.2, 0.25) is 5.02 Å². The average molecular weight is 401 g/mol. The van der Waals surface area contributed by atoms with Crippen molar-refractivity contribution in [1.29, 1.82) is 0 Å². The quantitative estimate of drug-likeness (QED) is 0.515. The third-order valence-corrected chi connectivity index (χ3v) is 5.75. The normalized spacial score (nSPS) is 11.2. The summed E-state index contributed by atoms with van der Waals surface area (Å²) in [4.78, 5) is 10.8. The predicted molar refractivity (Wildman–Crippen MR) is 112 cm³/mol. The van der Waals surface area contributed by atoms with Crippen molar-refractivity contribution in [2.45, 2.75) is 53.6 Å². The van der Waals surface area contributed by atoms with Gasteiger partial charge < -0.3 is 14.3 Å². The number of halogens is 1. The number of furan rings is 1. The van der Waals surface area contributed by atoms with Gasteiger partial charge in [-0.2, -0.15) is 0 Å². The second-order valence-electron chi connectivity index (χ2n) is 7.10. The second kappa shape index (κ2) is 8.27. The zero-order valence-corrected chi connectivity index (χ0v) is 17.4. The number of aliphatic carboxylic acids is 1. The fourth-order valence-corrected chi connectivity index (χ4v) is 3.61. The van der Waals surface area contributed by atoms with E-state index in [0.717, 1.165) is 56.7 Å². The van der Waals surface area contributed by atoms with Crippen molar-refractivity contribution < 1.29 is 19.1 Å². The van der Waals surface area contributed by atoms with Crippen molar-refractivity contribution >= 4 is 28.5 Å². The number of fused-ring (bicyclic) bond motifs is 1. The molecule has 0 unspecified atom stereocenters. The summed E-state index contributed by atoms with van der Waals surface area (Å²) < 4.78 is 12.1. The smallest absolute Gasteiger partial charge is 0.303 e. The van der Waals surface area contributed by atoms with Crippen LogP contribution < -0.4 is 4.74 Å². The van der Waals surface area contributed by atoms with Crippen molar-refractivity contribution in [2.24, 2.45) is 0 Å². The van der Waals surface area contributed by atoms with Gasteiger partial charge in [0.25, 0.3) is 0 Å². The minimum atomic E-state index is -0.789. The number of ether oxygens (including phenoxy) is 1. The van der Waals surface area contributed by atoms with Crippen LogP contribution in [0.25, 0.3) is 11.0 Å². The molecule has 28 heavy (non-hydrogen) atoms. The lowest BCUT2D eigenvalue weighted by Gasteiger charge is -2.16. The van der Waals surface area contributed by atoms with Crippen molar-refractivity contribution in [2.75, 3.05) is 0 Å². The summed E-state index contributed by atoms with van der Waals surface area (Å²) in [5, 5.41) is 10.6. The van der Waals surface area contributed by atoms with Crippen molar-refractivity contribution in [3.05, 3.63) is 62.9 Å². The number of aryl methyl sites for hydroxylation is 2. The molecule has 1 heterocycles. The van der Waals surface area contributed by atoms with Crippen LogP contribution in [0.15, 0.2) is 28.7 Å². The molecule has 1 N–H and O–H groups in total. The maximum Gasteiger partial charge on any atom is 0.303 e. The number of benzene rings is 2. The lowest BCUT2D eigenvalue weighted by Crippen LogP contribution is -2.04. The fourth-order valence-electron chi connectivity index (χ4n) is 3.38. The van der Waals surface area contributed by atoms with Gasteiger partial charge in [-0.1, -0.05) is 24.6 Å². The van der Waals surface area contributed by atoms with Gasteiger partial charge in [-0.15, -0.1) is 0 Å². The van der Waals surface area contributed by atoms with E-state index in [2.05, 4.69) is 6.92 Å². The summed E-state index contributed by atoms with van der Waals surface area (Å²) in [6.07, 6.45) is 1.46. The topological polar surface area (TPSA) is 59.7 Å². The molecule has 0 aliphatic heterocycles. The van der Waals surface area contributed by atoms with Crippen LogP contribution in [0, 0.1) is 20.8 Å². The summed E-state index contributed by atoms with van der Waals surface area (Å²) in [6.45, 7) is 8.39. The molecule has 148 valence electrons. The average Bonchev–Trinajstić information content (AvgIpc) is 3.07. The molecule has 1 aromatic heterocycles. The molecule has 0 aliphatic carbocycles. The number of carboxylic acids is 1. The molecule has 4 nitrogen and oxygen atoms in total. The standard InChI is InChI=1S/C23H25ClO4/c1-5-18-10-17-11-20(24)15(4)19(23(17)28-18)12-27-21-8-6-16(7-9-22(25)26)13(2)14(21)3/h6,8,10-11H,5,7,9,12H2,1-4H3,(H,25,26). The molecule has 2 aromatic carbocycles. The van der Waals surface area contributed by atoms with E-state index in [1.807, 2.05) is 45.0 Å². The highest BCUT2D eigenvalue weighted by atomic mass is 35.5. The van der Waals surface area contributed by atoms with Crippen LogP contribution in [0.5, 0.6) is 5.75 Å². The van der Waals surface area contributed by atoms with Gasteiger partial charge in [0.05, 0.1) is 0 Å². The van der Waals surface area contributed by atoms with E-state index in [0.29, 0.717) is 18.1 Å². The molecule has 5 heteroatoms. The monoisotopic (exact) mass is 400 g/mol. The van der Waals surface area contributed by atoms with E-state index in [1.54, 1.807) is 0 Å². The Bertz CT molecular complexity index is 1030. The van der Waals surface area contributed by atoms with Crippen LogP contribution in [-0.4, -0.2) is 11.1 Å². The van der Waals surface area contributed by atoms with E-state index in [1.165, 1.54) is 0 Å². The number of carboxylic acid groups (broad SMARTS) is 1. The zero-order chi connectivity index (χ0) is 20.4. The zero-order valence-electron chi connectivity index (χ0n) is 16.7. The van der Waals surface area contributed by atoms with Gasteiger partial charge in [-0.25, -0.2) is 0 Å². The summed E-state index contributed by atoms with van der Waals surface area (Å²) in [7, 11) is 0. The Morgan fingerprint density at radius 2 is 1.89 bits per heavy atom. The number of rotatable bonds is 7. The van der Waals surface area contributed by atoms with Crippen molar-refractivity contribution in [1.82, 2.24) is 0 Å². The fraction of sp³-hybridized carbons (Fsp3) is 0.348. The van der Waals surface area contributed by atoms with Crippen molar-refractivity contribution in [3.63, 3.8) is 0 Å².